The van der Waals surface area contributed by atoms with Crippen LogP contribution in [0.15, 0.2) is 17.8 Å². The maximum atomic E-state index is 5.46. The molecular weight excluding hydrogens is 170 g/mol. The van der Waals surface area contributed by atoms with E-state index in [9.17, 15) is 0 Å². The van der Waals surface area contributed by atoms with Crippen molar-refractivity contribution >= 4 is 21.6 Å². The molecule has 0 aliphatic rings. The van der Waals surface area contributed by atoms with Gasteiger partial charge in [-0.05, 0) is 12.6 Å². The van der Waals surface area contributed by atoms with E-state index in [-0.39, 0.29) is 0 Å². The highest BCUT2D eigenvalue weighted by atomic mass is 32.1. The average Bonchev–Trinajstić information content (AvgIpc) is 2.53. The predicted molar refractivity (Wildman–Crippen MR) is 50.2 cm³/mol. The minimum Gasteiger partial charge on any atom is -0.330 e. The van der Waals surface area contributed by atoms with Gasteiger partial charge < -0.3 is 5.73 Å². The van der Waals surface area contributed by atoms with Crippen molar-refractivity contribution in [2.75, 3.05) is 6.54 Å². The number of rotatable bonds is 2. The van der Waals surface area contributed by atoms with Gasteiger partial charge in [0.2, 0.25) is 0 Å². The topological polar surface area (TPSA) is 51.8 Å². The van der Waals surface area contributed by atoms with Gasteiger partial charge in [0.05, 0.1) is 15.9 Å². The van der Waals surface area contributed by atoms with E-state index in [1.807, 2.05) is 17.8 Å². The van der Waals surface area contributed by atoms with Gasteiger partial charge in [0.25, 0.3) is 0 Å². The Kier molecular flexibility index (Phi) is 2.01. The number of fused-ring (bicyclic) bond motifs is 1. The number of pyridine rings is 1. The molecule has 0 unspecified atom stereocenters. The number of nitrogens with zero attached hydrogens (tertiary/aromatic N) is 2. The molecule has 0 atom stereocenters. The smallest absolute Gasteiger partial charge is 0.103 e. The first-order valence-electron chi connectivity index (χ1n) is 3.79. The van der Waals surface area contributed by atoms with E-state index in [2.05, 4.69) is 9.97 Å². The summed E-state index contributed by atoms with van der Waals surface area (Å²) in [6.07, 6.45) is 2.62. The minimum absolute atomic E-state index is 0.629. The summed E-state index contributed by atoms with van der Waals surface area (Å²) in [7, 11) is 0. The third kappa shape index (κ3) is 1.19. The number of thiazole rings is 1. The van der Waals surface area contributed by atoms with Gasteiger partial charge in [-0.1, -0.05) is 0 Å². The fraction of sp³-hybridized carbons (Fsp3) is 0.250. The van der Waals surface area contributed by atoms with Crippen LogP contribution >= 0.6 is 11.3 Å². The van der Waals surface area contributed by atoms with Gasteiger partial charge in [-0.3, -0.25) is 4.98 Å². The quantitative estimate of drug-likeness (QED) is 0.753. The summed E-state index contributed by atoms with van der Waals surface area (Å²) in [5.74, 6) is 0. The van der Waals surface area contributed by atoms with E-state index in [4.69, 9.17) is 5.73 Å². The Balaban J connectivity index is 2.57. The van der Waals surface area contributed by atoms with Crippen LogP contribution in [0.1, 0.15) is 5.69 Å². The van der Waals surface area contributed by atoms with Crippen LogP contribution in [0, 0.1) is 0 Å². The number of nitrogens with two attached hydrogens (primary N) is 1. The molecule has 3 nitrogen and oxygen atoms in total. The van der Waals surface area contributed by atoms with Crippen molar-refractivity contribution < 1.29 is 0 Å². The zero-order chi connectivity index (χ0) is 8.39. The van der Waals surface area contributed by atoms with Crippen LogP contribution < -0.4 is 5.73 Å². The van der Waals surface area contributed by atoms with Gasteiger partial charge in [0.1, 0.15) is 5.52 Å². The van der Waals surface area contributed by atoms with Crippen molar-refractivity contribution in [2.24, 2.45) is 5.73 Å². The Bertz CT molecular complexity index is 382. The Morgan fingerprint density at radius 1 is 1.42 bits per heavy atom. The molecule has 0 aliphatic heterocycles. The lowest BCUT2D eigenvalue weighted by atomic mass is 10.2. The van der Waals surface area contributed by atoms with Crippen molar-refractivity contribution in [3.8, 4) is 0 Å². The number of aromatic nitrogens is 2. The molecule has 4 heteroatoms. The van der Waals surface area contributed by atoms with E-state index in [0.29, 0.717) is 6.54 Å². The van der Waals surface area contributed by atoms with Crippen LogP contribution in [-0.2, 0) is 6.42 Å². The molecule has 2 aromatic rings. The molecule has 0 amide bonds. The SMILES string of the molecule is NCCc1nccc2scnc12. The Morgan fingerprint density at radius 2 is 2.33 bits per heavy atom. The van der Waals surface area contributed by atoms with E-state index >= 15 is 0 Å². The van der Waals surface area contributed by atoms with Crippen LogP contribution in [0.4, 0.5) is 0 Å². The first-order chi connectivity index (χ1) is 5.92. The molecule has 12 heavy (non-hydrogen) atoms. The Labute approximate surface area is 74.3 Å². The second-order valence-corrected chi connectivity index (χ2v) is 3.38. The van der Waals surface area contributed by atoms with Gasteiger partial charge in [-0.2, -0.15) is 0 Å². The molecule has 0 spiro atoms. The van der Waals surface area contributed by atoms with Crippen molar-refractivity contribution in [1.82, 2.24) is 9.97 Å². The molecule has 0 bridgehead atoms. The maximum absolute atomic E-state index is 5.46. The van der Waals surface area contributed by atoms with Crippen molar-refractivity contribution in [1.29, 1.82) is 0 Å². The number of hydrogen-bond donors (Lipinski definition) is 1. The van der Waals surface area contributed by atoms with Gasteiger partial charge in [-0.15, -0.1) is 11.3 Å². The van der Waals surface area contributed by atoms with E-state index in [1.54, 1.807) is 11.3 Å². The zero-order valence-corrected chi connectivity index (χ0v) is 7.34. The molecule has 2 N–H and O–H groups in total. The van der Waals surface area contributed by atoms with Gasteiger partial charge >= 0.3 is 0 Å². The molecule has 62 valence electrons. The molecule has 0 aliphatic carbocycles. The lowest BCUT2D eigenvalue weighted by molar-refractivity contribution is 0.932. The fourth-order valence-corrected chi connectivity index (χ4v) is 1.86. The molecule has 0 radical (unpaired) electrons. The van der Waals surface area contributed by atoms with Crippen LogP contribution in [0.5, 0.6) is 0 Å². The maximum Gasteiger partial charge on any atom is 0.103 e. The van der Waals surface area contributed by atoms with Crippen LogP contribution in [-0.4, -0.2) is 16.5 Å². The summed E-state index contributed by atoms with van der Waals surface area (Å²) >= 11 is 1.64. The summed E-state index contributed by atoms with van der Waals surface area (Å²) in [5, 5.41) is 0. The zero-order valence-electron chi connectivity index (χ0n) is 6.53. The highest BCUT2D eigenvalue weighted by Gasteiger charge is 2.02. The second kappa shape index (κ2) is 3.16. The normalized spacial score (nSPS) is 10.8. The molecule has 0 fully saturated rings. The van der Waals surface area contributed by atoms with E-state index in [0.717, 1.165) is 17.6 Å². The van der Waals surface area contributed by atoms with E-state index < -0.39 is 0 Å². The standard InChI is InChI=1S/C8H9N3S/c9-3-1-6-8-7(2-4-10-6)12-5-11-8/h2,4-5H,1,3,9H2. The molecular formula is C8H9N3S. The summed E-state index contributed by atoms with van der Waals surface area (Å²) in [6, 6.07) is 1.98. The monoisotopic (exact) mass is 179 g/mol. The lowest BCUT2D eigenvalue weighted by Gasteiger charge is -1.96. The highest BCUT2D eigenvalue weighted by molar-refractivity contribution is 7.16. The van der Waals surface area contributed by atoms with Gasteiger partial charge in [0.15, 0.2) is 0 Å². The summed E-state index contributed by atoms with van der Waals surface area (Å²) < 4.78 is 1.19. The molecule has 0 saturated carbocycles. The van der Waals surface area contributed by atoms with Gasteiger partial charge in [0, 0.05) is 12.6 Å². The molecule has 2 aromatic heterocycles. The molecule has 2 rings (SSSR count). The lowest BCUT2D eigenvalue weighted by Crippen LogP contribution is -2.04. The van der Waals surface area contributed by atoms with E-state index in [1.165, 1.54) is 4.70 Å². The molecule has 2 heterocycles. The Hall–Kier alpha value is -1.00. The largest absolute Gasteiger partial charge is 0.330 e. The molecule has 0 aromatic carbocycles. The van der Waals surface area contributed by atoms with Crippen LogP contribution in [0.2, 0.25) is 0 Å². The molecule has 0 saturated heterocycles. The summed E-state index contributed by atoms with van der Waals surface area (Å²) in [4.78, 5) is 8.47. The first kappa shape index (κ1) is 7.64. The van der Waals surface area contributed by atoms with Crippen molar-refractivity contribution in [3.05, 3.63) is 23.5 Å². The fourth-order valence-electron chi connectivity index (χ4n) is 1.17. The van der Waals surface area contributed by atoms with Crippen molar-refractivity contribution in [3.63, 3.8) is 0 Å². The predicted octanol–water partition coefficient (Wildman–Crippen LogP) is 1.19. The van der Waals surface area contributed by atoms with Gasteiger partial charge in [-0.25, -0.2) is 4.98 Å². The third-order valence-corrected chi connectivity index (χ3v) is 2.50. The average molecular weight is 179 g/mol. The third-order valence-electron chi connectivity index (χ3n) is 1.71. The highest BCUT2D eigenvalue weighted by Crippen LogP contribution is 2.19. The second-order valence-electron chi connectivity index (χ2n) is 2.50. The van der Waals surface area contributed by atoms with Crippen LogP contribution in [0.25, 0.3) is 10.2 Å². The van der Waals surface area contributed by atoms with Crippen molar-refractivity contribution in [2.45, 2.75) is 6.42 Å². The first-order valence-corrected chi connectivity index (χ1v) is 4.67. The number of hydrogen-bond acceptors (Lipinski definition) is 4. The summed E-state index contributed by atoms with van der Waals surface area (Å²) in [5.41, 5.74) is 9.31. The summed E-state index contributed by atoms with van der Waals surface area (Å²) in [6.45, 7) is 0.629. The Morgan fingerprint density at radius 3 is 3.17 bits per heavy atom. The minimum atomic E-state index is 0.629. The van der Waals surface area contributed by atoms with Crippen LogP contribution in [0.3, 0.4) is 0 Å².